The summed E-state index contributed by atoms with van der Waals surface area (Å²) in [5, 5.41) is 0. The van der Waals surface area contributed by atoms with Crippen molar-refractivity contribution in [3.63, 3.8) is 0 Å². The molecule has 2 rings (SSSR count). The van der Waals surface area contributed by atoms with E-state index in [0.717, 1.165) is 9.13 Å². The minimum Gasteiger partial charge on any atom is -0.493 e. The van der Waals surface area contributed by atoms with Gasteiger partial charge in [-0.3, -0.25) is 23.5 Å². The molecular formula is C22H29N3O8. The van der Waals surface area contributed by atoms with Crippen molar-refractivity contribution in [1.82, 2.24) is 9.13 Å². The van der Waals surface area contributed by atoms with Crippen molar-refractivity contribution in [2.75, 3.05) is 33.7 Å². The number of methoxy groups -OCH3 is 3. The number of ketones is 1. The molecule has 33 heavy (non-hydrogen) atoms. The van der Waals surface area contributed by atoms with E-state index in [9.17, 15) is 19.2 Å². The minimum absolute atomic E-state index is 0.0433. The van der Waals surface area contributed by atoms with Crippen molar-refractivity contribution < 1.29 is 28.5 Å². The van der Waals surface area contributed by atoms with E-state index in [2.05, 4.69) is 0 Å². The number of rotatable bonds is 10. The predicted molar refractivity (Wildman–Crippen MR) is 120 cm³/mol. The standard InChI is InChI=1S/C22H29N3O8/c1-12(2)10-25-20(23)18(21(28)24(3)22(25)29)14(26)11-33-17(27)9-13-7-15(30-4)19(32-6)16(8-13)31-5/h7-8,12H,9-11,23H2,1-6H3. The Morgan fingerprint density at radius 3 is 2.09 bits per heavy atom. The number of nitrogen functional groups attached to an aromatic ring is 1. The summed E-state index contributed by atoms with van der Waals surface area (Å²) in [5.74, 6) is -0.634. The lowest BCUT2D eigenvalue weighted by Crippen LogP contribution is -2.43. The lowest BCUT2D eigenvalue weighted by molar-refractivity contribution is -0.141. The Hall–Kier alpha value is -3.76. The minimum atomic E-state index is -0.844. The monoisotopic (exact) mass is 463 g/mol. The first kappa shape index (κ1) is 25.5. The maximum Gasteiger partial charge on any atom is 0.332 e. The Morgan fingerprint density at radius 1 is 1.03 bits per heavy atom. The molecule has 0 fully saturated rings. The summed E-state index contributed by atoms with van der Waals surface area (Å²) in [5.41, 5.74) is 4.62. The smallest absolute Gasteiger partial charge is 0.332 e. The van der Waals surface area contributed by atoms with E-state index < -0.39 is 35.2 Å². The molecule has 0 aliphatic rings. The number of hydrogen-bond donors (Lipinski definition) is 1. The zero-order valence-corrected chi connectivity index (χ0v) is 19.6. The van der Waals surface area contributed by atoms with Crippen LogP contribution in [0.3, 0.4) is 0 Å². The van der Waals surface area contributed by atoms with E-state index in [-0.39, 0.29) is 24.7 Å². The molecule has 0 saturated carbocycles. The van der Waals surface area contributed by atoms with E-state index in [0.29, 0.717) is 22.8 Å². The molecular weight excluding hydrogens is 434 g/mol. The van der Waals surface area contributed by atoms with E-state index in [4.69, 9.17) is 24.7 Å². The maximum atomic E-state index is 12.7. The molecule has 0 unspecified atom stereocenters. The summed E-state index contributed by atoms with van der Waals surface area (Å²) in [6.07, 6.45) is -0.190. The van der Waals surface area contributed by atoms with Gasteiger partial charge in [-0.1, -0.05) is 13.8 Å². The van der Waals surface area contributed by atoms with E-state index in [1.807, 2.05) is 13.8 Å². The zero-order chi connectivity index (χ0) is 24.9. The lowest BCUT2D eigenvalue weighted by Gasteiger charge is -2.16. The first-order valence-electron chi connectivity index (χ1n) is 10.1. The van der Waals surface area contributed by atoms with Crippen LogP contribution in [0.5, 0.6) is 17.2 Å². The molecule has 0 bridgehead atoms. The van der Waals surface area contributed by atoms with Crippen molar-refractivity contribution in [3.8, 4) is 17.2 Å². The summed E-state index contributed by atoms with van der Waals surface area (Å²) in [7, 11) is 5.61. The van der Waals surface area contributed by atoms with Crippen LogP contribution in [-0.4, -0.2) is 48.8 Å². The molecule has 1 aromatic heterocycles. The second-order valence-electron chi connectivity index (χ2n) is 7.71. The Labute approximate surface area is 190 Å². The number of esters is 1. The van der Waals surface area contributed by atoms with Gasteiger partial charge in [0.1, 0.15) is 11.4 Å². The van der Waals surface area contributed by atoms with Gasteiger partial charge >= 0.3 is 11.7 Å². The highest BCUT2D eigenvalue weighted by Gasteiger charge is 2.23. The highest BCUT2D eigenvalue weighted by Crippen LogP contribution is 2.38. The Balaban J connectivity index is 2.22. The number of nitrogens with two attached hydrogens (primary N) is 1. The van der Waals surface area contributed by atoms with Gasteiger partial charge in [0, 0.05) is 13.6 Å². The summed E-state index contributed by atoms with van der Waals surface area (Å²) in [6, 6.07) is 3.17. The van der Waals surface area contributed by atoms with Crippen LogP contribution in [0.15, 0.2) is 21.7 Å². The molecule has 0 radical (unpaired) electrons. The van der Waals surface area contributed by atoms with Crippen molar-refractivity contribution in [2.45, 2.75) is 26.8 Å². The Kier molecular flexibility index (Phi) is 8.27. The molecule has 2 aromatic rings. The Bertz CT molecular complexity index is 1140. The fraction of sp³-hybridized carbons (Fsp3) is 0.455. The van der Waals surface area contributed by atoms with Gasteiger partial charge in [-0.25, -0.2) is 4.79 Å². The Morgan fingerprint density at radius 2 is 1.61 bits per heavy atom. The van der Waals surface area contributed by atoms with Crippen LogP contribution in [-0.2, 0) is 29.5 Å². The van der Waals surface area contributed by atoms with Crippen molar-refractivity contribution in [3.05, 3.63) is 44.1 Å². The van der Waals surface area contributed by atoms with Crippen LogP contribution in [0.1, 0.15) is 29.8 Å². The van der Waals surface area contributed by atoms with Crippen LogP contribution in [0.25, 0.3) is 0 Å². The van der Waals surface area contributed by atoms with Crippen molar-refractivity contribution in [1.29, 1.82) is 0 Å². The molecule has 0 aliphatic heterocycles. The van der Waals surface area contributed by atoms with E-state index in [1.165, 1.54) is 28.4 Å². The number of nitrogens with zero attached hydrogens (tertiary/aromatic N) is 2. The fourth-order valence-electron chi connectivity index (χ4n) is 3.26. The molecule has 1 heterocycles. The van der Waals surface area contributed by atoms with Gasteiger partial charge in [-0.15, -0.1) is 0 Å². The van der Waals surface area contributed by atoms with Crippen molar-refractivity contribution >= 4 is 17.6 Å². The lowest BCUT2D eigenvalue weighted by atomic mass is 10.1. The highest BCUT2D eigenvalue weighted by atomic mass is 16.5. The number of benzene rings is 1. The third kappa shape index (κ3) is 5.54. The van der Waals surface area contributed by atoms with Gasteiger partial charge in [0.05, 0.1) is 27.8 Å². The second-order valence-corrected chi connectivity index (χ2v) is 7.71. The molecule has 0 amide bonds. The number of hydrogen-bond acceptors (Lipinski definition) is 9. The van der Waals surface area contributed by atoms with Crippen molar-refractivity contribution in [2.24, 2.45) is 13.0 Å². The number of aromatic nitrogens is 2. The zero-order valence-electron chi connectivity index (χ0n) is 19.6. The van der Waals surface area contributed by atoms with Gasteiger partial charge in [0.2, 0.25) is 11.5 Å². The summed E-state index contributed by atoms with van der Waals surface area (Å²) in [4.78, 5) is 49.9. The van der Waals surface area contributed by atoms with Crippen LogP contribution >= 0.6 is 0 Å². The molecule has 1 aromatic carbocycles. The third-order valence-corrected chi connectivity index (χ3v) is 4.85. The van der Waals surface area contributed by atoms with Gasteiger partial charge in [-0.05, 0) is 23.6 Å². The molecule has 0 aliphatic carbocycles. The van der Waals surface area contributed by atoms with Crippen LogP contribution in [0, 0.1) is 5.92 Å². The molecule has 11 heteroatoms. The van der Waals surface area contributed by atoms with Crippen LogP contribution in [0.4, 0.5) is 5.82 Å². The predicted octanol–water partition coefficient (Wildman–Crippen LogP) is 0.780. The second kappa shape index (κ2) is 10.7. The molecule has 11 nitrogen and oxygen atoms in total. The number of Topliss-reactive ketones (excluding diaryl/α,β-unsaturated/α-hetero) is 1. The van der Waals surface area contributed by atoms with E-state index >= 15 is 0 Å². The van der Waals surface area contributed by atoms with Crippen LogP contribution < -0.4 is 31.2 Å². The third-order valence-electron chi connectivity index (χ3n) is 4.85. The summed E-state index contributed by atoms with van der Waals surface area (Å²) < 4.78 is 22.8. The van der Waals surface area contributed by atoms with E-state index in [1.54, 1.807) is 12.1 Å². The average Bonchev–Trinajstić information content (AvgIpc) is 2.78. The number of carbonyl (C=O) groups excluding carboxylic acids is 2. The number of ether oxygens (including phenoxy) is 4. The number of anilines is 1. The topological polar surface area (TPSA) is 141 Å². The SMILES string of the molecule is COc1cc(CC(=O)OCC(=O)c2c(N)n(CC(C)C)c(=O)n(C)c2=O)cc(OC)c1OC. The highest BCUT2D eigenvalue weighted by molar-refractivity contribution is 6.01. The fourth-order valence-corrected chi connectivity index (χ4v) is 3.26. The normalized spacial score (nSPS) is 10.8. The molecule has 2 N–H and O–H groups in total. The van der Waals surface area contributed by atoms with Gasteiger partial charge in [-0.2, -0.15) is 0 Å². The number of carbonyl (C=O) groups is 2. The molecule has 0 atom stereocenters. The summed E-state index contributed by atoms with van der Waals surface area (Å²) in [6.45, 7) is 3.25. The first-order chi connectivity index (χ1) is 15.5. The first-order valence-corrected chi connectivity index (χ1v) is 10.1. The average molecular weight is 463 g/mol. The maximum absolute atomic E-state index is 12.7. The van der Waals surface area contributed by atoms with Crippen LogP contribution in [0.2, 0.25) is 0 Å². The van der Waals surface area contributed by atoms with Gasteiger partial charge in [0.25, 0.3) is 5.56 Å². The molecule has 180 valence electrons. The molecule has 0 spiro atoms. The quantitative estimate of drug-likeness (QED) is 0.400. The summed E-state index contributed by atoms with van der Waals surface area (Å²) >= 11 is 0. The molecule has 0 saturated heterocycles. The van der Waals surface area contributed by atoms with Gasteiger partial charge < -0.3 is 24.7 Å². The van der Waals surface area contributed by atoms with Gasteiger partial charge in [0.15, 0.2) is 18.1 Å². The largest absolute Gasteiger partial charge is 0.493 e.